The van der Waals surface area contributed by atoms with Crippen LogP contribution in [-0.2, 0) is 10.0 Å². The highest BCUT2D eigenvalue weighted by atomic mass is 32.2. The molecule has 0 aliphatic carbocycles. The average molecular weight is 340 g/mol. The molecule has 0 spiro atoms. The summed E-state index contributed by atoms with van der Waals surface area (Å²) in [4.78, 5) is 8.13. The van der Waals surface area contributed by atoms with E-state index in [1.807, 2.05) is 0 Å². The number of methoxy groups -OCH3 is 1. The maximum Gasteiger partial charge on any atom is 0.248 e. The number of aromatic nitrogens is 3. The monoisotopic (exact) mass is 340 g/mol. The minimum atomic E-state index is -3.62. The fourth-order valence-corrected chi connectivity index (χ4v) is 3.72. The Morgan fingerprint density at radius 2 is 2.13 bits per heavy atom. The van der Waals surface area contributed by atoms with Gasteiger partial charge in [0.05, 0.1) is 32.2 Å². The van der Waals surface area contributed by atoms with E-state index < -0.39 is 10.0 Å². The molecule has 1 saturated heterocycles. The van der Waals surface area contributed by atoms with E-state index in [4.69, 9.17) is 9.47 Å². The van der Waals surface area contributed by atoms with E-state index in [0.29, 0.717) is 24.7 Å². The van der Waals surface area contributed by atoms with E-state index in [2.05, 4.69) is 19.6 Å². The number of piperidine rings is 1. The van der Waals surface area contributed by atoms with Gasteiger partial charge in [0.25, 0.3) is 0 Å². The van der Waals surface area contributed by atoms with E-state index in [9.17, 15) is 8.42 Å². The zero-order chi connectivity index (χ0) is 16.3. The molecule has 2 aromatic rings. The molecule has 3 heterocycles. The van der Waals surface area contributed by atoms with E-state index in [0.717, 1.165) is 12.7 Å². The normalized spacial score (nSPS) is 19.4. The van der Waals surface area contributed by atoms with Gasteiger partial charge < -0.3 is 14.0 Å². The van der Waals surface area contributed by atoms with Crippen molar-refractivity contribution in [3.63, 3.8) is 0 Å². The van der Waals surface area contributed by atoms with Gasteiger partial charge in [-0.25, -0.2) is 8.42 Å². The minimum absolute atomic E-state index is 0.0410. The lowest BCUT2D eigenvalue weighted by Crippen LogP contribution is -2.44. The molecule has 0 aromatic carbocycles. The molecule has 3 rings (SSSR count). The largest absolute Gasteiger partial charge is 0.480 e. The Hall–Kier alpha value is -2.20. The van der Waals surface area contributed by atoms with Crippen molar-refractivity contribution in [2.24, 2.45) is 0 Å². The van der Waals surface area contributed by atoms with Gasteiger partial charge in [-0.2, -0.15) is 9.29 Å². The van der Waals surface area contributed by atoms with Gasteiger partial charge in [0.1, 0.15) is 17.3 Å². The first kappa shape index (κ1) is 15.7. The summed E-state index contributed by atoms with van der Waals surface area (Å²) < 4.78 is 41.7. The van der Waals surface area contributed by atoms with Crippen LogP contribution < -0.4 is 9.47 Å². The van der Waals surface area contributed by atoms with Crippen LogP contribution >= 0.6 is 0 Å². The molecule has 1 atom stereocenters. The minimum Gasteiger partial charge on any atom is -0.480 e. The van der Waals surface area contributed by atoms with Crippen molar-refractivity contribution in [2.45, 2.75) is 23.8 Å². The summed E-state index contributed by atoms with van der Waals surface area (Å²) in [7, 11) is -2.13. The summed E-state index contributed by atoms with van der Waals surface area (Å²) in [5.74, 6) is 0.644. The van der Waals surface area contributed by atoms with E-state index >= 15 is 0 Å². The number of hydrogen-bond acceptors (Lipinski definition) is 8. The molecule has 0 radical (unpaired) electrons. The number of ether oxygens (including phenoxy) is 2. The van der Waals surface area contributed by atoms with Gasteiger partial charge in [-0.15, -0.1) is 0 Å². The van der Waals surface area contributed by atoms with Crippen LogP contribution in [0.15, 0.2) is 34.3 Å². The highest BCUT2D eigenvalue weighted by Gasteiger charge is 2.32. The van der Waals surface area contributed by atoms with Crippen molar-refractivity contribution in [2.75, 3.05) is 20.2 Å². The number of rotatable bonds is 5. The molecule has 2 aromatic heterocycles. The molecule has 1 unspecified atom stereocenters. The zero-order valence-electron chi connectivity index (χ0n) is 12.5. The molecule has 1 aliphatic rings. The van der Waals surface area contributed by atoms with Gasteiger partial charge in [0.15, 0.2) is 0 Å². The lowest BCUT2D eigenvalue weighted by Gasteiger charge is -2.31. The summed E-state index contributed by atoms with van der Waals surface area (Å²) in [5, 5.41) is 3.44. The van der Waals surface area contributed by atoms with Crippen LogP contribution in [-0.4, -0.2) is 54.2 Å². The number of nitrogens with zero attached hydrogens (tertiary/aromatic N) is 4. The average Bonchev–Trinajstić information content (AvgIpc) is 3.10. The smallest absolute Gasteiger partial charge is 0.248 e. The van der Waals surface area contributed by atoms with Crippen LogP contribution in [0.3, 0.4) is 0 Å². The molecule has 23 heavy (non-hydrogen) atoms. The third-order valence-corrected chi connectivity index (χ3v) is 5.28. The summed E-state index contributed by atoms with van der Waals surface area (Å²) >= 11 is 0. The quantitative estimate of drug-likeness (QED) is 0.783. The Kier molecular flexibility index (Phi) is 4.44. The Labute approximate surface area is 133 Å². The SMILES string of the molecule is COc1cncc(OC2CCCN(S(=O)(=O)c3cnoc3)C2)n1. The topological polar surface area (TPSA) is 108 Å². The predicted molar refractivity (Wildman–Crippen MR) is 77.5 cm³/mol. The van der Waals surface area contributed by atoms with Crippen molar-refractivity contribution in [1.82, 2.24) is 19.4 Å². The van der Waals surface area contributed by atoms with Crippen LogP contribution in [0.5, 0.6) is 11.8 Å². The zero-order valence-corrected chi connectivity index (χ0v) is 13.3. The standard InChI is InChI=1S/C13H16N4O5S/c1-20-12-6-14-7-13(16-12)22-10-3-2-4-17(8-10)23(18,19)11-5-15-21-9-11/h5-7,9-10H,2-4,8H2,1H3. The first-order chi connectivity index (χ1) is 11.1. The summed E-state index contributed by atoms with van der Waals surface area (Å²) in [6, 6.07) is 0. The molecular weight excluding hydrogens is 324 g/mol. The third kappa shape index (κ3) is 3.42. The number of sulfonamides is 1. The molecular formula is C13H16N4O5S. The Morgan fingerprint density at radius 3 is 2.87 bits per heavy atom. The molecule has 0 bridgehead atoms. The van der Waals surface area contributed by atoms with Crippen LogP contribution in [0.1, 0.15) is 12.8 Å². The maximum atomic E-state index is 12.5. The van der Waals surface area contributed by atoms with Crippen molar-refractivity contribution in [3.8, 4) is 11.8 Å². The van der Waals surface area contributed by atoms with Gasteiger partial charge in [-0.1, -0.05) is 5.16 Å². The summed E-state index contributed by atoms with van der Waals surface area (Å²) in [6.07, 6.45) is 6.36. The Morgan fingerprint density at radius 1 is 1.30 bits per heavy atom. The highest BCUT2D eigenvalue weighted by molar-refractivity contribution is 7.89. The second-order valence-electron chi connectivity index (χ2n) is 5.00. The van der Waals surface area contributed by atoms with Crippen LogP contribution in [0.2, 0.25) is 0 Å². The first-order valence-electron chi connectivity index (χ1n) is 7.02. The van der Waals surface area contributed by atoms with Crippen LogP contribution in [0.25, 0.3) is 0 Å². The van der Waals surface area contributed by atoms with Gasteiger partial charge >= 0.3 is 0 Å². The first-order valence-corrected chi connectivity index (χ1v) is 8.46. The van der Waals surface area contributed by atoms with E-state index in [1.165, 1.54) is 30.0 Å². The highest BCUT2D eigenvalue weighted by Crippen LogP contribution is 2.23. The fourth-order valence-electron chi connectivity index (χ4n) is 2.35. The lowest BCUT2D eigenvalue weighted by atomic mass is 10.1. The molecule has 1 fully saturated rings. The molecule has 124 valence electrons. The molecule has 0 N–H and O–H groups in total. The molecule has 1 aliphatic heterocycles. The number of hydrogen-bond donors (Lipinski definition) is 0. The van der Waals surface area contributed by atoms with E-state index in [-0.39, 0.29) is 17.5 Å². The molecule has 9 nitrogen and oxygen atoms in total. The van der Waals surface area contributed by atoms with Crippen molar-refractivity contribution >= 4 is 10.0 Å². The second kappa shape index (κ2) is 6.50. The van der Waals surface area contributed by atoms with Gasteiger partial charge in [0.2, 0.25) is 21.8 Å². The van der Waals surface area contributed by atoms with E-state index in [1.54, 1.807) is 0 Å². The van der Waals surface area contributed by atoms with Gasteiger partial charge in [-0.3, -0.25) is 4.98 Å². The van der Waals surface area contributed by atoms with Gasteiger partial charge in [0, 0.05) is 6.54 Å². The summed E-state index contributed by atoms with van der Waals surface area (Å²) in [6.45, 7) is 0.656. The van der Waals surface area contributed by atoms with Crippen molar-refractivity contribution in [3.05, 3.63) is 24.9 Å². The van der Waals surface area contributed by atoms with Gasteiger partial charge in [-0.05, 0) is 12.8 Å². The third-order valence-electron chi connectivity index (χ3n) is 3.48. The predicted octanol–water partition coefficient (Wildman–Crippen LogP) is 0.705. The van der Waals surface area contributed by atoms with Crippen LogP contribution in [0.4, 0.5) is 0 Å². The fraction of sp³-hybridized carbons (Fsp3) is 0.462. The summed E-state index contributed by atoms with van der Waals surface area (Å²) in [5.41, 5.74) is 0. The Balaban J connectivity index is 1.71. The molecule has 10 heteroatoms. The maximum absolute atomic E-state index is 12.5. The molecule has 0 amide bonds. The Bertz CT molecular complexity index is 749. The lowest BCUT2D eigenvalue weighted by molar-refractivity contribution is 0.123. The molecule has 0 saturated carbocycles. The van der Waals surface area contributed by atoms with Crippen molar-refractivity contribution < 1.29 is 22.4 Å². The second-order valence-corrected chi connectivity index (χ2v) is 6.94. The van der Waals surface area contributed by atoms with Crippen LogP contribution in [0, 0.1) is 0 Å². The van der Waals surface area contributed by atoms with Crippen molar-refractivity contribution in [1.29, 1.82) is 0 Å².